The third kappa shape index (κ3) is 4.44. The summed E-state index contributed by atoms with van der Waals surface area (Å²) in [6, 6.07) is 9.66. The Kier molecular flexibility index (Phi) is 5.12. The molecule has 0 radical (unpaired) electrons. The number of fused-ring (bicyclic) bond motifs is 1. The molecule has 27 heavy (non-hydrogen) atoms. The molecule has 1 aliphatic rings. The van der Waals surface area contributed by atoms with E-state index in [-0.39, 0.29) is 18.2 Å². The van der Waals surface area contributed by atoms with Crippen molar-refractivity contribution in [3.63, 3.8) is 0 Å². The van der Waals surface area contributed by atoms with Gasteiger partial charge in [-0.05, 0) is 61.4 Å². The third-order valence-electron chi connectivity index (χ3n) is 4.33. The van der Waals surface area contributed by atoms with E-state index in [4.69, 9.17) is 4.74 Å². The van der Waals surface area contributed by atoms with Crippen molar-refractivity contribution in [1.29, 1.82) is 0 Å². The summed E-state index contributed by atoms with van der Waals surface area (Å²) in [6.45, 7) is 5.29. The average molecular weight is 367 g/mol. The summed E-state index contributed by atoms with van der Waals surface area (Å²) in [5.41, 5.74) is 4.28. The van der Waals surface area contributed by atoms with E-state index in [1.807, 2.05) is 26.0 Å². The highest BCUT2D eigenvalue weighted by molar-refractivity contribution is 6.06. The second-order valence-corrected chi connectivity index (χ2v) is 6.54. The van der Waals surface area contributed by atoms with Crippen LogP contribution in [-0.2, 0) is 14.4 Å². The Balaban J connectivity index is 1.63. The number of carbonyl (C=O) groups excluding carboxylic acids is 3. The molecular formula is C20H21N3O4. The van der Waals surface area contributed by atoms with Gasteiger partial charge in [-0.2, -0.15) is 0 Å². The molecule has 0 saturated heterocycles. The molecule has 0 aromatic heterocycles. The fourth-order valence-electron chi connectivity index (χ4n) is 2.83. The van der Waals surface area contributed by atoms with Gasteiger partial charge in [-0.1, -0.05) is 0 Å². The third-order valence-corrected chi connectivity index (χ3v) is 4.33. The first-order valence-corrected chi connectivity index (χ1v) is 8.59. The van der Waals surface area contributed by atoms with Crippen LogP contribution in [0.2, 0.25) is 0 Å². The van der Waals surface area contributed by atoms with Crippen LogP contribution in [0.1, 0.15) is 24.5 Å². The number of hydrogen-bond acceptors (Lipinski definition) is 5. The molecule has 1 heterocycles. The maximum atomic E-state index is 12.3. The van der Waals surface area contributed by atoms with Gasteiger partial charge < -0.3 is 20.7 Å². The minimum atomic E-state index is -0.653. The maximum Gasteiger partial charge on any atom is 0.308 e. The van der Waals surface area contributed by atoms with Gasteiger partial charge in [-0.15, -0.1) is 0 Å². The highest BCUT2D eigenvalue weighted by Crippen LogP contribution is 2.30. The number of rotatable bonds is 4. The second-order valence-electron chi connectivity index (χ2n) is 6.54. The lowest BCUT2D eigenvalue weighted by Crippen LogP contribution is -2.41. The molecule has 0 saturated carbocycles. The van der Waals surface area contributed by atoms with Crippen LogP contribution in [0.15, 0.2) is 36.4 Å². The molecule has 0 unspecified atom stereocenters. The lowest BCUT2D eigenvalue weighted by molar-refractivity contribution is -0.131. The summed E-state index contributed by atoms with van der Waals surface area (Å²) >= 11 is 0. The lowest BCUT2D eigenvalue weighted by atomic mass is 10.0. The van der Waals surface area contributed by atoms with Crippen LogP contribution in [-0.4, -0.2) is 23.8 Å². The van der Waals surface area contributed by atoms with E-state index in [0.717, 1.165) is 22.5 Å². The lowest BCUT2D eigenvalue weighted by Gasteiger charge is -2.27. The zero-order valence-corrected chi connectivity index (χ0v) is 15.4. The Morgan fingerprint density at radius 2 is 1.70 bits per heavy atom. The second kappa shape index (κ2) is 7.49. The van der Waals surface area contributed by atoms with Crippen LogP contribution >= 0.6 is 0 Å². The Hall–Kier alpha value is -3.35. The minimum absolute atomic E-state index is 0.0100. The monoisotopic (exact) mass is 367 g/mol. The summed E-state index contributed by atoms with van der Waals surface area (Å²) in [7, 11) is 0. The number of carbonyl (C=O) groups is 3. The quantitative estimate of drug-likeness (QED) is 0.570. The molecule has 2 amide bonds. The number of aryl methyl sites for hydroxylation is 2. The van der Waals surface area contributed by atoms with Gasteiger partial charge in [0.05, 0.1) is 17.8 Å². The van der Waals surface area contributed by atoms with Crippen LogP contribution in [0.25, 0.3) is 0 Å². The molecule has 0 fully saturated rings. The van der Waals surface area contributed by atoms with E-state index in [9.17, 15) is 14.4 Å². The van der Waals surface area contributed by atoms with Crippen LogP contribution in [0.3, 0.4) is 0 Å². The van der Waals surface area contributed by atoms with Gasteiger partial charge in [0.25, 0.3) is 0 Å². The van der Waals surface area contributed by atoms with Crippen molar-refractivity contribution < 1.29 is 19.1 Å². The number of amides is 2. The molecule has 3 N–H and O–H groups in total. The Bertz CT molecular complexity index is 906. The van der Waals surface area contributed by atoms with E-state index < -0.39 is 12.0 Å². The Morgan fingerprint density at radius 3 is 2.33 bits per heavy atom. The van der Waals surface area contributed by atoms with Crippen molar-refractivity contribution >= 4 is 34.8 Å². The minimum Gasteiger partial charge on any atom is -0.427 e. The van der Waals surface area contributed by atoms with Crippen molar-refractivity contribution in [2.45, 2.75) is 33.2 Å². The van der Waals surface area contributed by atoms with E-state index in [2.05, 4.69) is 16.0 Å². The smallest absolute Gasteiger partial charge is 0.308 e. The maximum absolute atomic E-state index is 12.3. The first-order valence-electron chi connectivity index (χ1n) is 8.59. The predicted octanol–water partition coefficient (Wildman–Crippen LogP) is 2.99. The van der Waals surface area contributed by atoms with Crippen molar-refractivity contribution in [3.05, 3.63) is 47.5 Å². The summed E-state index contributed by atoms with van der Waals surface area (Å²) in [6.07, 6.45) is -0.0100. The number of hydrogen-bond donors (Lipinski definition) is 3. The van der Waals surface area contributed by atoms with Crippen molar-refractivity contribution in [2.24, 2.45) is 0 Å². The van der Waals surface area contributed by atoms with E-state index in [1.54, 1.807) is 24.3 Å². The first-order chi connectivity index (χ1) is 12.8. The van der Waals surface area contributed by atoms with Gasteiger partial charge >= 0.3 is 5.97 Å². The molecule has 7 heteroatoms. The van der Waals surface area contributed by atoms with Crippen molar-refractivity contribution in [1.82, 2.24) is 0 Å². The molecule has 2 aromatic carbocycles. The number of esters is 1. The van der Waals surface area contributed by atoms with E-state index in [0.29, 0.717) is 11.4 Å². The Morgan fingerprint density at radius 1 is 1.07 bits per heavy atom. The number of anilines is 3. The van der Waals surface area contributed by atoms with Gasteiger partial charge in [-0.3, -0.25) is 14.4 Å². The Labute approximate surface area is 157 Å². The largest absolute Gasteiger partial charge is 0.427 e. The predicted molar refractivity (Wildman–Crippen MR) is 103 cm³/mol. The topological polar surface area (TPSA) is 96.5 Å². The summed E-state index contributed by atoms with van der Waals surface area (Å²) in [5.74, 6) is -0.552. The van der Waals surface area contributed by atoms with E-state index in [1.165, 1.54) is 6.92 Å². The van der Waals surface area contributed by atoms with Gasteiger partial charge in [0, 0.05) is 12.6 Å². The first kappa shape index (κ1) is 18.4. The zero-order valence-electron chi connectivity index (χ0n) is 15.4. The SMILES string of the molecule is CC(=O)Oc1ccc(NC(=O)C[C@H]2Nc3cc(C)c(C)cc3NC2=O)cc1. The molecule has 7 nitrogen and oxygen atoms in total. The fourth-order valence-corrected chi connectivity index (χ4v) is 2.83. The molecule has 0 bridgehead atoms. The number of ether oxygens (including phenoxy) is 1. The van der Waals surface area contributed by atoms with Crippen LogP contribution in [0, 0.1) is 13.8 Å². The van der Waals surface area contributed by atoms with Crippen LogP contribution < -0.4 is 20.7 Å². The molecule has 3 rings (SSSR count). The number of benzene rings is 2. The standard InChI is InChI=1S/C20H21N3O4/c1-11-8-16-17(9-12(11)2)23-20(26)18(22-16)10-19(25)21-14-4-6-15(7-5-14)27-13(3)24/h4-9,18,22H,10H2,1-3H3,(H,21,25)(H,23,26)/t18-/m1/s1. The normalized spacial score (nSPS) is 15.2. The fraction of sp³-hybridized carbons (Fsp3) is 0.250. The van der Waals surface area contributed by atoms with Crippen molar-refractivity contribution in [2.75, 3.05) is 16.0 Å². The highest BCUT2D eigenvalue weighted by Gasteiger charge is 2.28. The van der Waals surface area contributed by atoms with Crippen molar-refractivity contribution in [3.8, 4) is 5.75 Å². The summed E-state index contributed by atoms with van der Waals surface area (Å²) in [4.78, 5) is 35.5. The zero-order chi connectivity index (χ0) is 19.6. The van der Waals surface area contributed by atoms with Gasteiger partial charge in [-0.25, -0.2) is 0 Å². The molecule has 2 aromatic rings. The number of nitrogens with one attached hydrogen (secondary N) is 3. The molecule has 0 aliphatic carbocycles. The molecule has 1 atom stereocenters. The average Bonchev–Trinajstić information content (AvgIpc) is 2.59. The summed E-state index contributed by atoms with van der Waals surface area (Å²) in [5, 5.41) is 8.71. The van der Waals surface area contributed by atoms with Gasteiger partial charge in [0.15, 0.2) is 0 Å². The summed E-state index contributed by atoms with van der Waals surface area (Å²) < 4.78 is 4.95. The van der Waals surface area contributed by atoms with Gasteiger partial charge in [0.1, 0.15) is 11.8 Å². The molecular weight excluding hydrogens is 346 g/mol. The molecule has 140 valence electrons. The van der Waals surface area contributed by atoms with Gasteiger partial charge in [0.2, 0.25) is 11.8 Å². The highest BCUT2D eigenvalue weighted by atomic mass is 16.5. The van der Waals surface area contributed by atoms with E-state index >= 15 is 0 Å². The van der Waals surface area contributed by atoms with Crippen LogP contribution in [0.4, 0.5) is 17.1 Å². The van der Waals surface area contributed by atoms with Crippen LogP contribution in [0.5, 0.6) is 5.75 Å². The molecule has 1 aliphatic heterocycles. The molecule has 0 spiro atoms.